The number of nitrogens with one attached hydrogen (secondary N) is 2. The summed E-state index contributed by atoms with van der Waals surface area (Å²) < 4.78 is 5.25. The summed E-state index contributed by atoms with van der Waals surface area (Å²) in [4.78, 5) is 30.8. The van der Waals surface area contributed by atoms with Crippen LogP contribution in [0.5, 0.6) is 0 Å². The molecule has 0 unspecified atom stereocenters. The van der Waals surface area contributed by atoms with Crippen molar-refractivity contribution in [1.29, 1.82) is 0 Å². The van der Waals surface area contributed by atoms with Crippen molar-refractivity contribution >= 4 is 5.91 Å². The van der Waals surface area contributed by atoms with Gasteiger partial charge in [0.25, 0.3) is 5.91 Å². The second kappa shape index (κ2) is 6.35. The van der Waals surface area contributed by atoms with Crippen LogP contribution in [0.1, 0.15) is 40.6 Å². The zero-order chi connectivity index (χ0) is 17.2. The zero-order valence-corrected chi connectivity index (χ0v) is 13.4. The quantitative estimate of drug-likeness (QED) is 0.764. The maximum absolute atomic E-state index is 12.5. The molecule has 3 aromatic rings. The fraction of sp³-hybridized carbons (Fsp3) is 0.222. The number of pyridine rings is 2. The molecule has 0 aliphatic heterocycles. The van der Waals surface area contributed by atoms with Gasteiger partial charge in [-0.05, 0) is 43.0 Å². The number of H-pyrrole nitrogens is 1. The molecule has 0 bridgehead atoms. The number of aryl methyl sites for hydroxylation is 1. The Labute approximate surface area is 143 Å². The highest BCUT2D eigenvalue weighted by Crippen LogP contribution is 2.28. The van der Waals surface area contributed by atoms with E-state index in [1.165, 1.54) is 6.07 Å². The van der Waals surface area contributed by atoms with Crippen LogP contribution >= 0.6 is 0 Å². The highest BCUT2D eigenvalue weighted by Gasteiger charge is 2.24. The van der Waals surface area contributed by atoms with E-state index in [9.17, 15) is 9.59 Å². The molecule has 0 saturated carbocycles. The third-order valence-corrected chi connectivity index (χ3v) is 4.33. The average molecular weight is 336 g/mol. The molecule has 0 radical (unpaired) electrons. The molecule has 7 heteroatoms. The van der Waals surface area contributed by atoms with Crippen LogP contribution in [0, 0.1) is 0 Å². The van der Waals surface area contributed by atoms with E-state index >= 15 is 0 Å². The highest BCUT2D eigenvalue weighted by atomic mass is 16.5. The SMILES string of the molecule is O=C(N[C@H]1CCCc2[nH]c(=O)ccc21)c1cc(-c2cccnc2)on1. The number of nitrogens with zero attached hydrogens (tertiary/aromatic N) is 2. The van der Waals surface area contributed by atoms with Gasteiger partial charge < -0.3 is 14.8 Å². The Bertz CT molecular complexity index is 962. The Morgan fingerprint density at radius 2 is 2.24 bits per heavy atom. The summed E-state index contributed by atoms with van der Waals surface area (Å²) in [6, 6.07) is 8.34. The molecule has 25 heavy (non-hydrogen) atoms. The Hall–Kier alpha value is -3.22. The first-order chi connectivity index (χ1) is 12.2. The molecule has 7 nitrogen and oxygen atoms in total. The molecular weight excluding hydrogens is 320 g/mol. The van der Waals surface area contributed by atoms with Crippen LogP contribution in [0.25, 0.3) is 11.3 Å². The van der Waals surface area contributed by atoms with Gasteiger partial charge in [-0.1, -0.05) is 5.16 Å². The van der Waals surface area contributed by atoms with Gasteiger partial charge in [0.2, 0.25) is 5.56 Å². The number of aromatic nitrogens is 3. The standard InChI is InChI=1S/C18H16N4O3/c23-17-7-6-12-13(20-17)4-1-5-14(12)21-18(24)15-9-16(25-22-15)11-3-2-8-19-10-11/h2-3,6-10,14H,1,4-5H2,(H,20,23)(H,21,24)/t14-/m0/s1. The molecule has 1 aliphatic rings. The van der Waals surface area contributed by atoms with Crippen LogP contribution in [-0.4, -0.2) is 21.0 Å². The lowest BCUT2D eigenvalue weighted by atomic mass is 9.91. The van der Waals surface area contributed by atoms with Crippen molar-refractivity contribution in [3.8, 4) is 11.3 Å². The molecule has 1 atom stereocenters. The predicted molar refractivity (Wildman–Crippen MR) is 89.9 cm³/mol. The van der Waals surface area contributed by atoms with Crippen LogP contribution in [0.2, 0.25) is 0 Å². The van der Waals surface area contributed by atoms with Gasteiger partial charge in [0, 0.05) is 35.8 Å². The Morgan fingerprint density at radius 1 is 1.32 bits per heavy atom. The topological polar surface area (TPSA) is 101 Å². The van der Waals surface area contributed by atoms with E-state index in [2.05, 4.69) is 20.4 Å². The lowest BCUT2D eigenvalue weighted by Gasteiger charge is -2.25. The summed E-state index contributed by atoms with van der Waals surface area (Å²) in [5.74, 6) is 0.189. The molecule has 1 amide bonds. The number of fused-ring (bicyclic) bond motifs is 1. The number of carbonyl (C=O) groups excluding carboxylic acids is 1. The second-order valence-electron chi connectivity index (χ2n) is 5.99. The van der Waals surface area contributed by atoms with E-state index in [0.29, 0.717) is 5.76 Å². The number of aromatic amines is 1. The van der Waals surface area contributed by atoms with Gasteiger partial charge in [0.05, 0.1) is 6.04 Å². The number of amides is 1. The van der Waals surface area contributed by atoms with Crippen molar-refractivity contribution < 1.29 is 9.32 Å². The summed E-state index contributed by atoms with van der Waals surface area (Å²) in [6.45, 7) is 0. The first-order valence-electron chi connectivity index (χ1n) is 8.11. The van der Waals surface area contributed by atoms with Gasteiger partial charge in [0.15, 0.2) is 11.5 Å². The monoisotopic (exact) mass is 336 g/mol. The van der Waals surface area contributed by atoms with E-state index in [0.717, 1.165) is 36.1 Å². The van der Waals surface area contributed by atoms with Crippen molar-refractivity contribution in [2.24, 2.45) is 0 Å². The first kappa shape index (κ1) is 15.3. The third kappa shape index (κ3) is 3.08. The van der Waals surface area contributed by atoms with Crippen molar-refractivity contribution in [2.45, 2.75) is 25.3 Å². The lowest BCUT2D eigenvalue weighted by molar-refractivity contribution is 0.0923. The van der Waals surface area contributed by atoms with Crippen LogP contribution in [-0.2, 0) is 6.42 Å². The fourth-order valence-corrected chi connectivity index (χ4v) is 3.11. The molecule has 126 valence electrons. The molecule has 0 aromatic carbocycles. The van der Waals surface area contributed by atoms with Crippen LogP contribution in [0.15, 0.2) is 52.0 Å². The van der Waals surface area contributed by atoms with Crippen molar-refractivity contribution in [1.82, 2.24) is 20.4 Å². The molecule has 1 aliphatic carbocycles. The van der Waals surface area contributed by atoms with E-state index in [-0.39, 0.29) is 23.2 Å². The van der Waals surface area contributed by atoms with E-state index < -0.39 is 0 Å². The number of rotatable bonds is 3. The van der Waals surface area contributed by atoms with Gasteiger partial charge in [-0.15, -0.1) is 0 Å². The van der Waals surface area contributed by atoms with Gasteiger partial charge in [0.1, 0.15) is 0 Å². The van der Waals surface area contributed by atoms with Crippen molar-refractivity contribution in [3.05, 3.63) is 70.0 Å². The summed E-state index contributed by atoms with van der Waals surface area (Å²) in [5.41, 5.74) is 2.70. The Kier molecular flexibility index (Phi) is 3.89. The van der Waals surface area contributed by atoms with Crippen molar-refractivity contribution in [2.75, 3.05) is 0 Å². The van der Waals surface area contributed by atoms with Crippen LogP contribution in [0.3, 0.4) is 0 Å². The molecular formula is C18H16N4O3. The molecule has 3 aromatic heterocycles. The average Bonchev–Trinajstić information content (AvgIpc) is 3.13. The van der Waals surface area contributed by atoms with Crippen LogP contribution < -0.4 is 10.9 Å². The molecule has 2 N–H and O–H groups in total. The molecule has 0 spiro atoms. The maximum atomic E-state index is 12.5. The first-order valence-corrected chi connectivity index (χ1v) is 8.11. The summed E-state index contributed by atoms with van der Waals surface area (Å²) >= 11 is 0. The van der Waals surface area contributed by atoms with E-state index in [1.54, 1.807) is 30.6 Å². The summed E-state index contributed by atoms with van der Waals surface area (Å²) in [6.07, 6.45) is 5.84. The minimum atomic E-state index is -0.303. The highest BCUT2D eigenvalue weighted by molar-refractivity contribution is 5.93. The largest absolute Gasteiger partial charge is 0.355 e. The number of carbonyl (C=O) groups is 1. The lowest BCUT2D eigenvalue weighted by Crippen LogP contribution is -2.32. The fourth-order valence-electron chi connectivity index (χ4n) is 3.11. The maximum Gasteiger partial charge on any atom is 0.273 e. The molecule has 3 heterocycles. The van der Waals surface area contributed by atoms with Crippen molar-refractivity contribution in [3.63, 3.8) is 0 Å². The summed E-state index contributed by atoms with van der Waals surface area (Å²) in [7, 11) is 0. The number of hydrogen-bond donors (Lipinski definition) is 2. The van der Waals surface area contributed by atoms with Gasteiger partial charge in [-0.25, -0.2) is 0 Å². The smallest absolute Gasteiger partial charge is 0.273 e. The van der Waals surface area contributed by atoms with Gasteiger partial charge in [-0.3, -0.25) is 14.6 Å². The second-order valence-corrected chi connectivity index (χ2v) is 5.99. The van der Waals surface area contributed by atoms with Gasteiger partial charge in [-0.2, -0.15) is 0 Å². The summed E-state index contributed by atoms with van der Waals surface area (Å²) in [5, 5.41) is 6.83. The zero-order valence-electron chi connectivity index (χ0n) is 13.4. The minimum absolute atomic E-state index is 0.122. The van der Waals surface area contributed by atoms with Crippen LogP contribution in [0.4, 0.5) is 0 Å². The van der Waals surface area contributed by atoms with E-state index in [1.807, 2.05) is 6.07 Å². The predicted octanol–water partition coefficient (Wildman–Crippen LogP) is 2.23. The normalized spacial score (nSPS) is 16.2. The third-order valence-electron chi connectivity index (χ3n) is 4.33. The Morgan fingerprint density at radius 3 is 3.08 bits per heavy atom. The van der Waals surface area contributed by atoms with E-state index in [4.69, 9.17) is 4.52 Å². The van der Waals surface area contributed by atoms with Gasteiger partial charge >= 0.3 is 0 Å². The number of hydrogen-bond acceptors (Lipinski definition) is 5. The molecule has 0 saturated heterocycles. The molecule has 0 fully saturated rings. The minimum Gasteiger partial charge on any atom is -0.355 e. The Balaban J connectivity index is 1.54. The molecule has 4 rings (SSSR count).